The van der Waals surface area contributed by atoms with Gasteiger partial charge in [0, 0.05) is 25.7 Å². The zero-order chi connectivity index (χ0) is 67.2. The van der Waals surface area contributed by atoms with E-state index in [9.17, 15) is 43.2 Å². The van der Waals surface area contributed by atoms with Crippen molar-refractivity contribution < 1.29 is 80.2 Å². The summed E-state index contributed by atoms with van der Waals surface area (Å²) < 4.78 is 68.2. The lowest BCUT2D eigenvalue weighted by atomic mass is 10.0. The fourth-order valence-corrected chi connectivity index (χ4v) is 12.5. The lowest BCUT2D eigenvalue weighted by molar-refractivity contribution is -0.161. The maximum Gasteiger partial charge on any atom is 0.472 e. The van der Waals surface area contributed by atoms with Crippen LogP contribution in [0, 0.1) is 11.8 Å². The highest BCUT2D eigenvalue weighted by Gasteiger charge is 2.30. The normalized spacial score (nSPS) is 14.1. The summed E-state index contributed by atoms with van der Waals surface area (Å²) in [5.41, 5.74) is 0. The molecule has 91 heavy (non-hydrogen) atoms. The molecule has 0 aromatic heterocycles. The van der Waals surface area contributed by atoms with Gasteiger partial charge in [-0.15, -0.1) is 0 Å². The zero-order valence-electron chi connectivity index (χ0n) is 59.1. The molecule has 540 valence electrons. The van der Waals surface area contributed by atoms with Crippen molar-refractivity contribution in [2.75, 3.05) is 39.6 Å². The molecule has 5 atom stereocenters. The number of phosphoric acid groups is 2. The van der Waals surface area contributed by atoms with Crippen LogP contribution in [0.25, 0.3) is 0 Å². The number of hydrogen-bond acceptors (Lipinski definition) is 15. The number of carbonyl (C=O) groups excluding carboxylic acids is 4. The average molecular weight is 1340 g/mol. The molecule has 0 aliphatic rings. The third-order valence-electron chi connectivity index (χ3n) is 16.7. The van der Waals surface area contributed by atoms with E-state index in [-0.39, 0.29) is 25.7 Å². The molecule has 19 heteroatoms. The van der Waals surface area contributed by atoms with Crippen LogP contribution in [0.4, 0.5) is 0 Å². The minimum Gasteiger partial charge on any atom is -0.462 e. The van der Waals surface area contributed by atoms with Crippen molar-refractivity contribution in [3.05, 3.63) is 0 Å². The van der Waals surface area contributed by atoms with Gasteiger partial charge in [0.05, 0.1) is 26.4 Å². The molecule has 3 N–H and O–H groups in total. The Morgan fingerprint density at radius 1 is 0.297 bits per heavy atom. The van der Waals surface area contributed by atoms with Crippen molar-refractivity contribution in [3.8, 4) is 0 Å². The SMILES string of the molecule is CCCCCCCCCCCCCC(=O)OC[C@H](COP(=O)(O)OC[C@@H](O)COP(=O)(O)OC[C@@H](COC(=O)CCCCCCCCC(C)C)OC(=O)CCCCCCCCCCCC)OC(=O)CCCCCCCCCCCCCCCCCCCCC(C)C. The second-order valence-electron chi connectivity index (χ2n) is 26.9. The predicted octanol–water partition coefficient (Wildman–Crippen LogP) is 20.8. The summed E-state index contributed by atoms with van der Waals surface area (Å²) in [5, 5.41) is 10.6. The quantitative estimate of drug-likeness (QED) is 0.0222. The smallest absolute Gasteiger partial charge is 0.462 e. The van der Waals surface area contributed by atoms with E-state index in [1.807, 2.05) is 0 Å². The summed E-state index contributed by atoms with van der Waals surface area (Å²) in [7, 11) is -9.90. The number of rotatable bonds is 71. The fourth-order valence-electron chi connectivity index (χ4n) is 10.9. The van der Waals surface area contributed by atoms with Crippen LogP contribution in [-0.4, -0.2) is 96.7 Å². The Hall–Kier alpha value is -1.94. The van der Waals surface area contributed by atoms with Gasteiger partial charge < -0.3 is 33.8 Å². The molecule has 0 heterocycles. The number of esters is 4. The molecule has 0 saturated carbocycles. The molecule has 2 unspecified atom stereocenters. The highest BCUT2D eigenvalue weighted by atomic mass is 31.2. The van der Waals surface area contributed by atoms with E-state index in [1.54, 1.807) is 0 Å². The zero-order valence-corrected chi connectivity index (χ0v) is 60.9. The number of phosphoric ester groups is 2. The summed E-state index contributed by atoms with van der Waals surface area (Å²) in [6.07, 6.45) is 50.2. The van der Waals surface area contributed by atoms with Crippen molar-refractivity contribution in [2.24, 2.45) is 11.8 Å². The maximum absolute atomic E-state index is 13.0. The fraction of sp³-hybridized carbons (Fsp3) is 0.944. The molecule has 0 aromatic rings. The third kappa shape index (κ3) is 66.5. The molecule has 17 nitrogen and oxygen atoms in total. The molecule has 0 radical (unpaired) electrons. The van der Waals surface area contributed by atoms with Crippen LogP contribution in [0.3, 0.4) is 0 Å². The highest BCUT2D eigenvalue weighted by molar-refractivity contribution is 7.47. The van der Waals surface area contributed by atoms with Crippen molar-refractivity contribution in [1.29, 1.82) is 0 Å². The van der Waals surface area contributed by atoms with Crippen LogP contribution in [0.1, 0.15) is 369 Å². The molecule has 0 spiro atoms. The third-order valence-corrected chi connectivity index (χ3v) is 18.6. The van der Waals surface area contributed by atoms with Crippen LogP contribution >= 0.6 is 15.6 Å². The monoisotopic (exact) mass is 1340 g/mol. The molecule has 0 amide bonds. The van der Waals surface area contributed by atoms with Gasteiger partial charge in [-0.3, -0.25) is 37.3 Å². The van der Waals surface area contributed by atoms with Gasteiger partial charge in [-0.05, 0) is 37.5 Å². The van der Waals surface area contributed by atoms with Crippen molar-refractivity contribution in [2.45, 2.75) is 387 Å². The van der Waals surface area contributed by atoms with E-state index in [0.29, 0.717) is 31.6 Å². The summed E-state index contributed by atoms with van der Waals surface area (Å²) in [4.78, 5) is 72.5. The number of carbonyl (C=O) groups is 4. The lowest BCUT2D eigenvalue weighted by Crippen LogP contribution is -2.30. The Labute approximate surface area is 556 Å². The van der Waals surface area contributed by atoms with Crippen LogP contribution in [0.15, 0.2) is 0 Å². The standard InChI is InChI=1S/C72H140O17P2/c1-7-9-11-13-15-17-27-32-35-42-48-54-69(74)82-60-67(88-72(77)57-51-45-37-33-29-26-24-22-20-19-21-23-25-28-30-34-40-46-52-64(3)4)62-86-90(78,79)84-58-66(73)59-85-91(80,81)87-63-68(61-83-70(75)55-49-43-39-38-41-47-53-65(5)6)89-71(76)56-50-44-36-31-18-16-14-12-10-8-2/h64-68,73H,7-63H2,1-6H3,(H,78,79)(H,80,81)/t66-,67-,68-/m1/s1. The number of aliphatic hydroxyl groups is 1. The second-order valence-corrected chi connectivity index (χ2v) is 29.8. The number of unbranched alkanes of at least 4 members (excludes halogenated alkanes) is 41. The van der Waals surface area contributed by atoms with E-state index < -0.39 is 97.5 Å². The Bertz CT molecular complexity index is 1770. The number of aliphatic hydroxyl groups excluding tert-OH is 1. The molecule has 0 aromatic carbocycles. The number of ether oxygens (including phenoxy) is 4. The molecule has 0 saturated heterocycles. The van der Waals surface area contributed by atoms with Gasteiger partial charge in [0.1, 0.15) is 19.3 Å². The Balaban J connectivity index is 5.15. The van der Waals surface area contributed by atoms with E-state index >= 15 is 0 Å². The molecule has 0 aliphatic heterocycles. The molecule has 0 fully saturated rings. The van der Waals surface area contributed by atoms with Gasteiger partial charge in [-0.2, -0.15) is 0 Å². The van der Waals surface area contributed by atoms with E-state index in [4.69, 9.17) is 37.0 Å². The first-order valence-corrected chi connectivity index (χ1v) is 40.5. The predicted molar refractivity (Wildman–Crippen MR) is 368 cm³/mol. The van der Waals surface area contributed by atoms with E-state index in [2.05, 4.69) is 41.5 Å². The first kappa shape index (κ1) is 89.1. The van der Waals surface area contributed by atoms with Gasteiger partial charge in [0.2, 0.25) is 0 Å². The van der Waals surface area contributed by atoms with Crippen LogP contribution in [0.5, 0.6) is 0 Å². The minimum atomic E-state index is -4.95. The van der Waals surface area contributed by atoms with Crippen LogP contribution < -0.4 is 0 Å². The van der Waals surface area contributed by atoms with Crippen LogP contribution in [-0.2, 0) is 65.4 Å². The first-order chi connectivity index (χ1) is 43.9. The van der Waals surface area contributed by atoms with Gasteiger partial charge in [-0.25, -0.2) is 9.13 Å². The van der Waals surface area contributed by atoms with Crippen LogP contribution in [0.2, 0.25) is 0 Å². The molecule has 0 rings (SSSR count). The first-order valence-electron chi connectivity index (χ1n) is 37.5. The van der Waals surface area contributed by atoms with Crippen molar-refractivity contribution in [3.63, 3.8) is 0 Å². The van der Waals surface area contributed by atoms with Crippen molar-refractivity contribution >= 4 is 39.5 Å². The minimum absolute atomic E-state index is 0.105. The average Bonchev–Trinajstić information content (AvgIpc) is 3.04. The van der Waals surface area contributed by atoms with Gasteiger partial charge in [0.15, 0.2) is 12.2 Å². The van der Waals surface area contributed by atoms with Crippen molar-refractivity contribution in [1.82, 2.24) is 0 Å². The summed E-state index contributed by atoms with van der Waals surface area (Å²) in [6, 6.07) is 0. The highest BCUT2D eigenvalue weighted by Crippen LogP contribution is 2.45. The summed E-state index contributed by atoms with van der Waals surface area (Å²) >= 11 is 0. The van der Waals surface area contributed by atoms with E-state index in [0.717, 1.165) is 102 Å². The Morgan fingerprint density at radius 3 is 0.747 bits per heavy atom. The Morgan fingerprint density at radius 2 is 0.505 bits per heavy atom. The molecular weight excluding hydrogens is 1200 g/mol. The summed E-state index contributed by atoms with van der Waals surface area (Å²) in [6.45, 7) is 9.50. The summed E-state index contributed by atoms with van der Waals surface area (Å²) in [5.74, 6) is -0.624. The molecule has 0 aliphatic carbocycles. The van der Waals surface area contributed by atoms with E-state index in [1.165, 1.54) is 180 Å². The lowest BCUT2D eigenvalue weighted by Gasteiger charge is -2.21. The number of hydrogen-bond donors (Lipinski definition) is 3. The van der Waals surface area contributed by atoms with Gasteiger partial charge in [0.25, 0.3) is 0 Å². The topological polar surface area (TPSA) is 237 Å². The molecular formula is C72H140O17P2. The largest absolute Gasteiger partial charge is 0.472 e. The van der Waals surface area contributed by atoms with Gasteiger partial charge >= 0.3 is 39.5 Å². The van der Waals surface area contributed by atoms with Gasteiger partial charge in [-0.1, -0.05) is 318 Å². The maximum atomic E-state index is 13.0. The second kappa shape index (κ2) is 64.1. The molecule has 0 bridgehead atoms. The Kier molecular flexibility index (Phi) is 62.7.